The van der Waals surface area contributed by atoms with Crippen LogP contribution in [0.25, 0.3) is 0 Å². The van der Waals surface area contributed by atoms with Crippen molar-refractivity contribution in [1.82, 2.24) is 10.3 Å². The third kappa shape index (κ3) is 4.00. The Bertz CT molecular complexity index is 721. The van der Waals surface area contributed by atoms with Crippen LogP contribution < -0.4 is 10.1 Å². The van der Waals surface area contributed by atoms with Crippen molar-refractivity contribution in [3.05, 3.63) is 54.4 Å². The average Bonchev–Trinajstić information content (AvgIpc) is 2.54. The number of carbonyl (C=O) groups excluding carboxylic acids is 1. The van der Waals surface area contributed by atoms with E-state index in [1.165, 1.54) is 0 Å². The normalized spacial score (nSPS) is 19.1. The highest BCUT2D eigenvalue weighted by Gasteiger charge is 2.29. The van der Waals surface area contributed by atoms with Gasteiger partial charge < -0.3 is 10.1 Å². The van der Waals surface area contributed by atoms with Crippen molar-refractivity contribution in [3.63, 3.8) is 0 Å². The van der Waals surface area contributed by atoms with Crippen LogP contribution in [0.15, 0.2) is 53.8 Å². The van der Waals surface area contributed by atoms with Crippen molar-refractivity contribution in [2.75, 3.05) is 0 Å². The van der Waals surface area contributed by atoms with Crippen molar-refractivity contribution < 1.29 is 9.53 Å². The summed E-state index contributed by atoms with van der Waals surface area (Å²) in [5.74, 6) is 1.23. The minimum atomic E-state index is -0.0901. The van der Waals surface area contributed by atoms with Gasteiger partial charge in [-0.15, -0.1) is 0 Å². The Morgan fingerprint density at radius 2 is 2.04 bits per heavy atom. The fraction of sp³-hybridized carbons (Fsp3) is 0.235. The number of aliphatic imine (C=N–C) groups is 1. The van der Waals surface area contributed by atoms with Gasteiger partial charge in [-0.2, -0.15) is 0 Å². The zero-order chi connectivity index (χ0) is 16.1. The summed E-state index contributed by atoms with van der Waals surface area (Å²) >= 11 is 4.57. The maximum absolute atomic E-state index is 12.2. The molecule has 1 amide bonds. The van der Waals surface area contributed by atoms with Crippen LogP contribution in [0, 0.1) is 0 Å². The van der Waals surface area contributed by atoms with E-state index < -0.39 is 0 Å². The Morgan fingerprint density at radius 3 is 2.70 bits per heavy atom. The lowest BCUT2D eigenvalue weighted by atomic mass is 9.87. The van der Waals surface area contributed by atoms with Gasteiger partial charge in [-0.05, 0) is 61.5 Å². The summed E-state index contributed by atoms with van der Waals surface area (Å²) in [6.07, 6.45) is 4.95. The van der Waals surface area contributed by atoms with Gasteiger partial charge in [-0.25, -0.2) is 4.99 Å². The number of nitrogens with one attached hydrogen (secondary N) is 1. The molecule has 1 fully saturated rings. The van der Waals surface area contributed by atoms with Crippen LogP contribution in [0.2, 0.25) is 0 Å². The Kier molecular flexibility index (Phi) is 4.76. The fourth-order valence-corrected chi connectivity index (χ4v) is 2.52. The van der Waals surface area contributed by atoms with E-state index in [1.54, 1.807) is 42.7 Å². The SMILES string of the molecule is O=C(NC1CC(N=C=S)C1)c1ccc(Oc2cccnc2)cc1. The van der Waals surface area contributed by atoms with Crippen molar-refractivity contribution >= 4 is 23.3 Å². The molecule has 0 atom stereocenters. The number of rotatable bonds is 5. The van der Waals surface area contributed by atoms with Crippen LogP contribution in [0.3, 0.4) is 0 Å². The van der Waals surface area contributed by atoms with Gasteiger partial charge in [0.2, 0.25) is 0 Å². The topological polar surface area (TPSA) is 63.6 Å². The molecule has 1 aromatic carbocycles. The monoisotopic (exact) mass is 325 g/mol. The second-order valence-electron chi connectivity index (χ2n) is 5.33. The van der Waals surface area contributed by atoms with Crippen LogP contribution in [-0.2, 0) is 0 Å². The van der Waals surface area contributed by atoms with Gasteiger partial charge in [0.05, 0.1) is 17.4 Å². The summed E-state index contributed by atoms with van der Waals surface area (Å²) in [7, 11) is 0. The first-order valence-corrected chi connectivity index (χ1v) is 7.71. The van der Waals surface area contributed by atoms with Gasteiger partial charge in [0.1, 0.15) is 11.5 Å². The quantitative estimate of drug-likeness (QED) is 0.677. The molecule has 6 heteroatoms. The molecule has 0 radical (unpaired) electrons. The summed E-state index contributed by atoms with van der Waals surface area (Å²) in [4.78, 5) is 20.1. The number of benzene rings is 1. The number of thiocarbonyl (C=S) groups is 1. The maximum Gasteiger partial charge on any atom is 0.251 e. The molecule has 0 unspecified atom stereocenters. The second-order valence-corrected chi connectivity index (χ2v) is 5.51. The lowest BCUT2D eigenvalue weighted by Gasteiger charge is -2.32. The minimum Gasteiger partial charge on any atom is -0.456 e. The van der Waals surface area contributed by atoms with Crippen LogP contribution in [0.1, 0.15) is 23.2 Å². The predicted molar refractivity (Wildman–Crippen MR) is 90.1 cm³/mol. The highest BCUT2D eigenvalue weighted by molar-refractivity contribution is 7.78. The standard InChI is InChI=1S/C17H15N3O2S/c21-17(20-14-8-13(9-14)19-11-23)12-3-5-15(6-4-12)22-16-2-1-7-18-10-16/h1-7,10,13-14H,8-9H2,(H,20,21). The van der Waals surface area contributed by atoms with Gasteiger partial charge in [-0.3, -0.25) is 9.78 Å². The molecule has 5 nitrogen and oxygen atoms in total. The van der Waals surface area contributed by atoms with Gasteiger partial charge in [-0.1, -0.05) is 0 Å². The first kappa shape index (κ1) is 15.3. The van der Waals surface area contributed by atoms with Crippen LogP contribution in [-0.4, -0.2) is 28.1 Å². The molecule has 1 saturated carbocycles. The van der Waals surface area contributed by atoms with E-state index in [0.29, 0.717) is 17.1 Å². The number of carbonyl (C=O) groups is 1. The van der Waals surface area contributed by atoms with Crippen LogP contribution in [0.4, 0.5) is 0 Å². The first-order chi connectivity index (χ1) is 11.2. The smallest absolute Gasteiger partial charge is 0.251 e. The predicted octanol–water partition coefficient (Wildman–Crippen LogP) is 3.24. The number of nitrogens with zero attached hydrogens (tertiary/aromatic N) is 2. The first-order valence-electron chi connectivity index (χ1n) is 7.30. The third-order valence-corrected chi connectivity index (χ3v) is 3.78. The number of hydrogen-bond acceptors (Lipinski definition) is 5. The molecular weight excluding hydrogens is 310 g/mol. The lowest BCUT2D eigenvalue weighted by Crippen LogP contribution is -2.46. The summed E-state index contributed by atoms with van der Waals surface area (Å²) in [5, 5.41) is 5.36. The summed E-state index contributed by atoms with van der Waals surface area (Å²) in [6.45, 7) is 0. The summed E-state index contributed by atoms with van der Waals surface area (Å²) in [6, 6.07) is 11.0. The lowest BCUT2D eigenvalue weighted by molar-refractivity contribution is 0.0910. The van der Waals surface area contributed by atoms with Crippen molar-refractivity contribution in [1.29, 1.82) is 0 Å². The number of aromatic nitrogens is 1. The molecule has 1 N–H and O–H groups in total. The van der Waals surface area contributed by atoms with Gasteiger partial charge in [0.15, 0.2) is 0 Å². The van der Waals surface area contributed by atoms with E-state index in [4.69, 9.17) is 4.74 Å². The van der Waals surface area contributed by atoms with Crippen LogP contribution >= 0.6 is 12.2 Å². The van der Waals surface area contributed by atoms with Gasteiger partial charge in [0.25, 0.3) is 5.91 Å². The third-order valence-electron chi connectivity index (χ3n) is 3.67. The zero-order valence-electron chi connectivity index (χ0n) is 12.3. The molecule has 0 saturated heterocycles. The van der Waals surface area contributed by atoms with Gasteiger partial charge in [0, 0.05) is 17.8 Å². The number of ether oxygens (including phenoxy) is 1. The van der Waals surface area contributed by atoms with Crippen molar-refractivity contribution in [2.45, 2.75) is 24.9 Å². The highest BCUT2D eigenvalue weighted by atomic mass is 32.1. The molecule has 0 spiro atoms. The number of pyridine rings is 1. The van der Waals surface area contributed by atoms with Gasteiger partial charge >= 0.3 is 0 Å². The molecule has 1 aliphatic rings. The number of amides is 1. The largest absolute Gasteiger partial charge is 0.456 e. The molecule has 23 heavy (non-hydrogen) atoms. The molecule has 1 aromatic heterocycles. The minimum absolute atomic E-state index is 0.0901. The van der Waals surface area contributed by atoms with Crippen molar-refractivity contribution in [2.24, 2.45) is 4.99 Å². The molecule has 0 bridgehead atoms. The molecular formula is C17H15N3O2S. The summed E-state index contributed by atoms with van der Waals surface area (Å²) < 4.78 is 5.64. The molecule has 0 aliphatic heterocycles. The Morgan fingerprint density at radius 1 is 1.26 bits per heavy atom. The highest BCUT2D eigenvalue weighted by Crippen LogP contribution is 2.24. The molecule has 116 valence electrons. The Labute approximate surface area is 139 Å². The summed E-state index contributed by atoms with van der Waals surface area (Å²) in [5.41, 5.74) is 0.602. The van der Waals surface area contributed by atoms with E-state index in [-0.39, 0.29) is 18.0 Å². The second kappa shape index (κ2) is 7.13. The maximum atomic E-state index is 12.2. The zero-order valence-corrected chi connectivity index (χ0v) is 13.1. The molecule has 3 rings (SSSR count). The van der Waals surface area contributed by atoms with E-state index in [2.05, 4.69) is 32.7 Å². The van der Waals surface area contributed by atoms with E-state index >= 15 is 0 Å². The molecule has 2 aromatic rings. The van der Waals surface area contributed by atoms with E-state index in [9.17, 15) is 4.79 Å². The number of hydrogen-bond donors (Lipinski definition) is 1. The molecule has 1 aliphatic carbocycles. The van der Waals surface area contributed by atoms with Crippen molar-refractivity contribution in [3.8, 4) is 11.5 Å². The van der Waals surface area contributed by atoms with Crippen LogP contribution in [0.5, 0.6) is 11.5 Å². The number of isothiocyanates is 1. The Balaban J connectivity index is 1.55. The van der Waals surface area contributed by atoms with E-state index in [0.717, 1.165) is 12.8 Å². The Hall–Kier alpha value is -2.56. The molecule has 1 heterocycles. The fourth-order valence-electron chi connectivity index (χ4n) is 2.37. The van der Waals surface area contributed by atoms with E-state index in [1.807, 2.05) is 6.07 Å². The average molecular weight is 325 g/mol.